The molecular weight excluding hydrogens is 302 g/mol. The van der Waals surface area contributed by atoms with Crippen LogP contribution in [-0.2, 0) is 17.0 Å². The number of benzene rings is 1. The Morgan fingerprint density at radius 1 is 1.38 bits per heavy atom. The maximum Gasteiger partial charge on any atom is 0.261 e. The molecule has 2 aromatic rings. The van der Waals surface area contributed by atoms with Crippen LogP contribution in [0.1, 0.15) is 11.1 Å². The lowest BCUT2D eigenvalue weighted by Gasteiger charge is -2.11. The van der Waals surface area contributed by atoms with Crippen molar-refractivity contribution in [2.75, 3.05) is 12.3 Å². The predicted molar refractivity (Wildman–Crippen MR) is 88.1 cm³/mol. The van der Waals surface area contributed by atoms with Crippen LogP contribution in [0.3, 0.4) is 0 Å². The van der Waals surface area contributed by atoms with Crippen molar-refractivity contribution >= 4 is 29.0 Å². The highest BCUT2D eigenvalue weighted by atomic mass is 32.2. The van der Waals surface area contributed by atoms with Gasteiger partial charge in [-0.1, -0.05) is 18.2 Å². The van der Waals surface area contributed by atoms with Crippen molar-refractivity contribution in [1.82, 2.24) is 5.32 Å². The number of rotatable bonds is 6. The molecule has 1 aliphatic rings. The topological polar surface area (TPSA) is 38.3 Å². The van der Waals surface area contributed by atoms with Gasteiger partial charge in [-0.2, -0.15) is 23.1 Å². The fraction of sp³-hybridized carbons (Fsp3) is 0.312. The summed E-state index contributed by atoms with van der Waals surface area (Å²) in [5.74, 6) is 2.75. The van der Waals surface area contributed by atoms with Crippen LogP contribution in [0.15, 0.2) is 41.1 Å². The smallest absolute Gasteiger partial charge is 0.261 e. The van der Waals surface area contributed by atoms with Gasteiger partial charge in [-0.25, -0.2) is 0 Å². The number of hydrogen-bond donors (Lipinski definition) is 1. The molecule has 1 amide bonds. The van der Waals surface area contributed by atoms with E-state index in [4.69, 9.17) is 4.74 Å². The molecule has 0 saturated heterocycles. The Labute approximate surface area is 132 Å². The zero-order chi connectivity index (χ0) is 14.5. The van der Waals surface area contributed by atoms with E-state index in [-0.39, 0.29) is 12.0 Å². The van der Waals surface area contributed by atoms with Gasteiger partial charge in [0.15, 0.2) is 6.10 Å². The van der Waals surface area contributed by atoms with Gasteiger partial charge in [0, 0.05) is 24.5 Å². The van der Waals surface area contributed by atoms with Crippen molar-refractivity contribution in [3.8, 4) is 5.75 Å². The Balaban J connectivity index is 1.36. The lowest BCUT2D eigenvalue weighted by Crippen LogP contribution is -2.38. The number of ether oxygens (including phenoxy) is 1. The van der Waals surface area contributed by atoms with Crippen LogP contribution in [0.4, 0.5) is 0 Å². The average molecular weight is 319 g/mol. The normalized spacial score (nSPS) is 16.3. The minimum Gasteiger partial charge on any atom is -0.480 e. The van der Waals surface area contributed by atoms with Crippen molar-refractivity contribution in [3.05, 3.63) is 52.2 Å². The van der Waals surface area contributed by atoms with E-state index in [1.54, 1.807) is 11.3 Å². The Morgan fingerprint density at radius 3 is 3.10 bits per heavy atom. The predicted octanol–water partition coefficient (Wildman–Crippen LogP) is 3.10. The molecule has 0 radical (unpaired) electrons. The largest absolute Gasteiger partial charge is 0.480 e. The van der Waals surface area contributed by atoms with Gasteiger partial charge >= 0.3 is 0 Å². The summed E-state index contributed by atoms with van der Waals surface area (Å²) in [6, 6.07) is 9.97. The van der Waals surface area contributed by atoms with Gasteiger partial charge in [0.25, 0.3) is 5.91 Å². The molecule has 3 rings (SSSR count). The minimum atomic E-state index is -0.371. The molecule has 0 bridgehead atoms. The van der Waals surface area contributed by atoms with Crippen LogP contribution in [-0.4, -0.2) is 24.3 Å². The third-order valence-corrected chi connectivity index (χ3v) is 5.10. The van der Waals surface area contributed by atoms with E-state index in [2.05, 4.69) is 22.1 Å². The highest BCUT2D eigenvalue weighted by Crippen LogP contribution is 2.28. The maximum absolute atomic E-state index is 12.1. The SMILES string of the molecule is O=C(NCCSCc1ccsc1)[C@@H]1Cc2ccccc2O1. The molecule has 0 spiro atoms. The number of carbonyl (C=O) groups is 1. The molecule has 5 heteroatoms. The zero-order valence-corrected chi connectivity index (χ0v) is 13.2. The summed E-state index contributed by atoms with van der Waals surface area (Å²) >= 11 is 3.55. The van der Waals surface area contributed by atoms with E-state index in [1.165, 1.54) is 5.56 Å². The Bertz CT molecular complexity index is 573. The van der Waals surface area contributed by atoms with E-state index in [1.807, 2.05) is 36.0 Å². The standard InChI is InChI=1S/C16H17NO2S2/c18-16(15-9-13-3-1-2-4-14(13)19-15)17-6-8-21-11-12-5-7-20-10-12/h1-5,7,10,15H,6,8-9,11H2,(H,17,18)/t15-/m0/s1. The second-order valence-corrected chi connectivity index (χ2v) is 6.78. The van der Waals surface area contributed by atoms with Gasteiger partial charge < -0.3 is 10.1 Å². The van der Waals surface area contributed by atoms with E-state index in [0.717, 1.165) is 22.8 Å². The zero-order valence-electron chi connectivity index (χ0n) is 11.6. The number of amides is 1. The molecule has 110 valence electrons. The van der Waals surface area contributed by atoms with E-state index in [9.17, 15) is 4.79 Å². The highest BCUT2D eigenvalue weighted by molar-refractivity contribution is 7.98. The summed E-state index contributed by atoms with van der Waals surface area (Å²) in [5, 5.41) is 7.21. The van der Waals surface area contributed by atoms with Crippen LogP contribution in [0, 0.1) is 0 Å². The van der Waals surface area contributed by atoms with Crippen LogP contribution in [0.2, 0.25) is 0 Å². The van der Waals surface area contributed by atoms with E-state index in [0.29, 0.717) is 13.0 Å². The molecule has 1 aromatic carbocycles. The molecule has 1 atom stereocenters. The third kappa shape index (κ3) is 3.80. The lowest BCUT2D eigenvalue weighted by molar-refractivity contribution is -0.127. The van der Waals surface area contributed by atoms with Crippen molar-refractivity contribution in [1.29, 1.82) is 0 Å². The molecule has 1 aromatic heterocycles. The first-order valence-electron chi connectivity index (χ1n) is 6.94. The van der Waals surface area contributed by atoms with Crippen LogP contribution < -0.4 is 10.1 Å². The molecule has 0 unspecified atom stereocenters. The molecular formula is C16H17NO2S2. The summed E-state index contributed by atoms with van der Waals surface area (Å²) in [6.45, 7) is 0.684. The highest BCUT2D eigenvalue weighted by Gasteiger charge is 2.28. The molecule has 21 heavy (non-hydrogen) atoms. The van der Waals surface area contributed by atoms with Gasteiger partial charge in [0.05, 0.1) is 0 Å². The average Bonchev–Trinajstić information content (AvgIpc) is 3.15. The molecule has 0 fully saturated rings. The minimum absolute atomic E-state index is 0.0117. The third-order valence-electron chi connectivity index (χ3n) is 3.33. The maximum atomic E-state index is 12.1. The van der Waals surface area contributed by atoms with Crippen LogP contribution in [0.25, 0.3) is 0 Å². The van der Waals surface area contributed by atoms with Crippen LogP contribution >= 0.6 is 23.1 Å². The molecule has 3 nitrogen and oxygen atoms in total. The molecule has 2 heterocycles. The first-order valence-corrected chi connectivity index (χ1v) is 9.04. The Kier molecular flexibility index (Phi) is 4.83. The van der Waals surface area contributed by atoms with Gasteiger partial charge in [0.2, 0.25) is 0 Å². The number of thioether (sulfide) groups is 1. The second-order valence-electron chi connectivity index (χ2n) is 4.89. The van der Waals surface area contributed by atoms with Crippen molar-refractivity contribution in [2.24, 2.45) is 0 Å². The van der Waals surface area contributed by atoms with Gasteiger partial charge in [-0.3, -0.25) is 4.79 Å². The van der Waals surface area contributed by atoms with Crippen molar-refractivity contribution in [2.45, 2.75) is 18.3 Å². The number of fused-ring (bicyclic) bond motifs is 1. The van der Waals surface area contributed by atoms with E-state index < -0.39 is 0 Å². The van der Waals surface area contributed by atoms with E-state index >= 15 is 0 Å². The first kappa shape index (κ1) is 14.5. The fourth-order valence-electron chi connectivity index (χ4n) is 2.25. The van der Waals surface area contributed by atoms with Crippen molar-refractivity contribution < 1.29 is 9.53 Å². The van der Waals surface area contributed by atoms with Gasteiger partial charge in [0.1, 0.15) is 5.75 Å². The number of para-hydroxylation sites is 1. The first-order chi connectivity index (χ1) is 10.3. The Morgan fingerprint density at radius 2 is 2.29 bits per heavy atom. The van der Waals surface area contributed by atoms with Crippen molar-refractivity contribution in [3.63, 3.8) is 0 Å². The van der Waals surface area contributed by atoms with Gasteiger partial charge in [-0.15, -0.1) is 0 Å². The number of carbonyl (C=O) groups excluding carboxylic acids is 1. The van der Waals surface area contributed by atoms with Gasteiger partial charge in [-0.05, 0) is 34.0 Å². The molecule has 1 aliphatic heterocycles. The Hall–Kier alpha value is -1.46. The fourth-order valence-corrected chi connectivity index (χ4v) is 3.83. The summed E-state index contributed by atoms with van der Waals surface area (Å²) in [7, 11) is 0. The lowest BCUT2D eigenvalue weighted by atomic mass is 10.1. The number of thiophene rings is 1. The molecule has 1 N–H and O–H groups in total. The number of hydrogen-bond acceptors (Lipinski definition) is 4. The molecule has 0 aliphatic carbocycles. The molecule has 0 saturated carbocycles. The summed E-state index contributed by atoms with van der Waals surface area (Å²) < 4.78 is 5.67. The second kappa shape index (κ2) is 7.00. The quantitative estimate of drug-likeness (QED) is 0.832. The summed E-state index contributed by atoms with van der Waals surface area (Å²) in [4.78, 5) is 12.1. The monoisotopic (exact) mass is 319 g/mol. The number of nitrogens with one attached hydrogen (secondary N) is 1. The summed E-state index contributed by atoms with van der Waals surface area (Å²) in [5.41, 5.74) is 2.47. The summed E-state index contributed by atoms with van der Waals surface area (Å²) in [6.07, 6.45) is 0.300. The van der Waals surface area contributed by atoms with Crippen LogP contribution in [0.5, 0.6) is 5.75 Å².